The van der Waals surface area contributed by atoms with Crippen LogP contribution in [0.5, 0.6) is 11.6 Å². The molecule has 8 nitrogen and oxygen atoms in total. The Hall–Kier alpha value is -3.70. The second-order valence-electron chi connectivity index (χ2n) is 8.68. The smallest absolute Gasteiger partial charge is 0.227 e. The van der Waals surface area contributed by atoms with Crippen LogP contribution in [-0.4, -0.2) is 33.8 Å². The van der Waals surface area contributed by atoms with Crippen molar-refractivity contribution in [2.45, 2.75) is 31.6 Å². The SMILES string of the molecule is Cn1nc(C2CC2)cc1Oc1cc(C#N)ccc1-c1ccc(NC(=O)C2CCNCC2)cn1. The fourth-order valence-corrected chi connectivity index (χ4v) is 4.10. The van der Waals surface area contributed by atoms with E-state index in [1.807, 2.05) is 31.3 Å². The molecule has 2 fully saturated rings. The van der Waals surface area contributed by atoms with E-state index < -0.39 is 0 Å². The molecule has 5 rings (SSSR count). The number of hydrogen-bond acceptors (Lipinski definition) is 6. The Bertz CT molecular complexity index is 1200. The van der Waals surface area contributed by atoms with E-state index in [2.05, 4.69) is 26.8 Å². The maximum Gasteiger partial charge on any atom is 0.227 e. The van der Waals surface area contributed by atoms with Gasteiger partial charge in [-0.05, 0) is 69.1 Å². The lowest BCUT2D eigenvalue weighted by Crippen LogP contribution is -2.34. The summed E-state index contributed by atoms with van der Waals surface area (Å²) in [6.45, 7) is 1.74. The molecule has 2 N–H and O–H groups in total. The zero-order valence-corrected chi connectivity index (χ0v) is 18.5. The van der Waals surface area contributed by atoms with Crippen molar-refractivity contribution in [3.63, 3.8) is 0 Å². The minimum atomic E-state index is 0.0314. The molecule has 1 aromatic carbocycles. The van der Waals surface area contributed by atoms with E-state index in [0.29, 0.717) is 34.5 Å². The van der Waals surface area contributed by atoms with Gasteiger partial charge in [-0.25, -0.2) is 4.68 Å². The Kier molecular flexibility index (Phi) is 5.80. The van der Waals surface area contributed by atoms with E-state index in [1.165, 1.54) is 0 Å². The zero-order chi connectivity index (χ0) is 22.8. The van der Waals surface area contributed by atoms with Crippen molar-refractivity contribution in [1.29, 1.82) is 5.26 Å². The zero-order valence-electron chi connectivity index (χ0n) is 18.5. The number of rotatable bonds is 6. The highest BCUT2D eigenvalue weighted by Gasteiger charge is 2.27. The van der Waals surface area contributed by atoms with Crippen molar-refractivity contribution < 1.29 is 9.53 Å². The molecule has 0 spiro atoms. The van der Waals surface area contributed by atoms with Gasteiger partial charge in [0.15, 0.2) is 0 Å². The number of hydrogen-bond donors (Lipinski definition) is 2. The third-order valence-corrected chi connectivity index (χ3v) is 6.19. The molecule has 1 saturated heterocycles. The first-order chi connectivity index (χ1) is 16.1. The summed E-state index contributed by atoms with van der Waals surface area (Å²) in [5.41, 5.74) is 3.67. The van der Waals surface area contributed by atoms with Crippen LogP contribution in [0.15, 0.2) is 42.6 Å². The molecule has 168 valence electrons. The molecule has 3 aromatic rings. The van der Waals surface area contributed by atoms with Crippen molar-refractivity contribution in [3.05, 3.63) is 53.9 Å². The van der Waals surface area contributed by atoms with Crippen LogP contribution in [-0.2, 0) is 11.8 Å². The van der Waals surface area contributed by atoms with Crippen LogP contribution in [0.4, 0.5) is 5.69 Å². The van der Waals surface area contributed by atoms with E-state index in [1.54, 1.807) is 23.0 Å². The fraction of sp³-hybridized carbons (Fsp3) is 0.360. The lowest BCUT2D eigenvalue weighted by Gasteiger charge is -2.21. The van der Waals surface area contributed by atoms with Gasteiger partial charge in [0.05, 0.1) is 34.9 Å². The van der Waals surface area contributed by atoms with Crippen molar-refractivity contribution >= 4 is 11.6 Å². The predicted molar refractivity (Wildman–Crippen MR) is 124 cm³/mol. The number of nitriles is 1. The summed E-state index contributed by atoms with van der Waals surface area (Å²) in [5, 5.41) is 20.2. The Balaban J connectivity index is 1.37. The average molecular weight is 443 g/mol. The highest BCUT2D eigenvalue weighted by Crippen LogP contribution is 2.41. The first-order valence-electron chi connectivity index (χ1n) is 11.3. The van der Waals surface area contributed by atoms with Crippen LogP contribution >= 0.6 is 0 Å². The summed E-state index contributed by atoms with van der Waals surface area (Å²) in [4.78, 5) is 17.1. The van der Waals surface area contributed by atoms with Gasteiger partial charge in [-0.3, -0.25) is 9.78 Å². The summed E-state index contributed by atoms with van der Waals surface area (Å²) >= 11 is 0. The molecule has 33 heavy (non-hydrogen) atoms. The number of pyridine rings is 1. The van der Waals surface area contributed by atoms with Crippen LogP contribution in [0.25, 0.3) is 11.3 Å². The number of nitrogens with zero attached hydrogens (tertiary/aromatic N) is 4. The van der Waals surface area contributed by atoms with Crippen LogP contribution < -0.4 is 15.4 Å². The number of anilines is 1. The van der Waals surface area contributed by atoms with Gasteiger partial charge in [0.25, 0.3) is 0 Å². The number of aromatic nitrogens is 3. The summed E-state index contributed by atoms with van der Waals surface area (Å²) in [6.07, 6.45) is 5.68. The third kappa shape index (κ3) is 4.73. The number of carbonyl (C=O) groups is 1. The second-order valence-corrected chi connectivity index (χ2v) is 8.68. The molecule has 0 unspecified atom stereocenters. The van der Waals surface area contributed by atoms with Crippen LogP contribution in [0.2, 0.25) is 0 Å². The van der Waals surface area contributed by atoms with Crippen molar-refractivity contribution in [3.8, 4) is 29.0 Å². The van der Waals surface area contributed by atoms with Crippen LogP contribution in [0.3, 0.4) is 0 Å². The van der Waals surface area contributed by atoms with Gasteiger partial charge in [0.1, 0.15) is 5.75 Å². The highest BCUT2D eigenvalue weighted by atomic mass is 16.5. The lowest BCUT2D eigenvalue weighted by atomic mass is 9.97. The van der Waals surface area contributed by atoms with Gasteiger partial charge in [0.2, 0.25) is 11.8 Å². The Morgan fingerprint density at radius 1 is 1.18 bits per heavy atom. The fourth-order valence-electron chi connectivity index (χ4n) is 4.10. The number of ether oxygens (including phenoxy) is 1. The second kappa shape index (κ2) is 9.04. The molecule has 3 heterocycles. The summed E-state index contributed by atoms with van der Waals surface area (Å²) in [7, 11) is 1.85. The number of nitrogens with one attached hydrogen (secondary N) is 2. The molecule has 0 radical (unpaired) electrons. The molecule has 1 aliphatic carbocycles. The standard InChI is InChI=1S/C25H26N6O2/c1-31-24(13-22(30-31)17-3-4-17)33-23-12-16(14-26)2-6-20(23)21-7-5-19(15-28-21)29-25(32)18-8-10-27-11-9-18/h2,5-7,12-13,15,17-18,27H,3-4,8-11H2,1H3,(H,29,32). The normalized spacial score (nSPS) is 16.2. The van der Waals surface area contributed by atoms with Crippen LogP contribution in [0.1, 0.15) is 42.9 Å². The highest BCUT2D eigenvalue weighted by molar-refractivity contribution is 5.92. The van der Waals surface area contributed by atoms with Gasteiger partial charge < -0.3 is 15.4 Å². The molecule has 0 bridgehead atoms. The van der Waals surface area contributed by atoms with E-state index in [-0.39, 0.29) is 11.8 Å². The number of amides is 1. The number of aryl methyl sites for hydroxylation is 1. The van der Waals surface area contributed by atoms with Gasteiger partial charge >= 0.3 is 0 Å². The van der Waals surface area contributed by atoms with Gasteiger partial charge in [-0.15, -0.1) is 0 Å². The molecular weight excluding hydrogens is 416 g/mol. The molecular formula is C25H26N6O2. The van der Waals surface area contributed by atoms with Crippen molar-refractivity contribution in [2.75, 3.05) is 18.4 Å². The van der Waals surface area contributed by atoms with Crippen LogP contribution in [0, 0.1) is 17.2 Å². The predicted octanol–water partition coefficient (Wildman–Crippen LogP) is 3.96. The molecule has 2 aliphatic rings. The summed E-state index contributed by atoms with van der Waals surface area (Å²) < 4.78 is 7.93. The van der Waals surface area contributed by atoms with E-state index in [4.69, 9.17) is 4.74 Å². The van der Waals surface area contributed by atoms with Gasteiger partial charge in [0, 0.05) is 30.5 Å². The first kappa shape index (κ1) is 21.2. The summed E-state index contributed by atoms with van der Waals surface area (Å²) in [5.74, 6) is 1.75. The van der Waals surface area contributed by atoms with E-state index in [9.17, 15) is 10.1 Å². The minimum Gasteiger partial charge on any atom is -0.439 e. The lowest BCUT2D eigenvalue weighted by molar-refractivity contribution is -0.120. The van der Waals surface area contributed by atoms with E-state index >= 15 is 0 Å². The Labute approximate surface area is 192 Å². The Morgan fingerprint density at radius 3 is 2.70 bits per heavy atom. The largest absolute Gasteiger partial charge is 0.439 e. The maximum absolute atomic E-state index is 12.5. The van der Waals surface area contributed by atoms with Crippen molar-refractivity contribution in [1.82, 2.24) is 20.1 Å². The molecule has 8 heteroatoms. The molecule has 0 atom stereocenters. The third-order valence-electron chi connectivity index (χ3n) is 6.19. The molecule has 1 amide bonds. The molecule has 1 saturated carbocycles. The van der Waals surface area contributed by atoms with E-state index in [0.717, 1.165) is 50.0 Å². The number of carbonyl (C=O) groups excluding carboxylic acids is 1. The number of piperidine rings is 1. The monoisotopic (exact) mass is 442 g/mol. The first-order valence-corrected chi connectivity index (χ1v) is 11.3. The maximum atomic E-state index is 12.5. The molecule has 2 aromatic heterocycles. The summed E-state index contributed by atoms with van der Waals surface area (Å²) in [6, 6.07) is 13.1. The Morgan fingerprint density at radius 2 is 2.00 bits per heavy atom. The van der Waals surface area contributed by atoms with Gasteiger partial charge in [-0.2, -0.15) is 10.4 Å². The molecule has 1 aliphatic heterocycles. The topological polar surface area (TPSA) is 105 Å². The van der Waals surface area contributed by atoms with Gasteiger partial charge in [-0.1, -0.05) is 0 Å². The minimum absolute atomic E-state index is 0.0314. The average Bonchev–Trinajstić information content (AvgIpc) is 3.64. The number of benzene rings is 1. The van der Waals surface area contributed by atoms with Crippen molar-refractivity contribution in [2.24, 2.45) is 13.0 Å². The quantitative estimate of drug-likeness (QED) is 0.599.